The largest absolute Gasteiger partial charge is 0.393 e. The average molecular weight is 308 g/mol. The summed E-state index contributed by atoms with van der Waals surface area (Å²) in [4.78, 5) is 12.4. The zero-order valence-corrected chi connectivity index (χ0v) is 13.9. The molecule has 8 atom stereocenters. The Morgan fingerprint density at radius 3 is 2.68 bits per heavy atom. The van der Waals surface area contributed by atoms with Crippen LogP contribution in [0.5, 0.6) is 0 Å². The molecule has 0 bridgehead atoms. The van der Waals surface area contributed by atoms with Crippen molar-refractivity contribution in [3.8, 4) is 0 Å². The van der Waals surface area contributed by atoms with Crippen LogP contribution in [0.3, 0.4) is 0 Å². The lowest BCUT2D eigenvalue weighted by atomic mass is 9.44. The summed E-state index contributed by atoms with van der Waals surface area (Å²) < 4.78 is 14.1. The maximum atomic E-state index is 14.1. The van der Waals surface area contributed by atoms with Gasteiger partial charge in [0.05, 0.1) is 6.10 Å². The number of hydrogen-bond donors (Lipinski definition) is 1. The fraction of sp³-hybridized carbons (Fsp3) is 0.947. The average Bonchev–Trinajstić information content (AvgIpc) is 2.78. The number of halogens is 1. The van der Waals surface area contributed by atoms with E-state index in [1.165, 1.54) is 0 Å². The van der Waals surface area contributed by atoms with Gasteiger partial charge in [0, 0.05) is 17.8 Å². The number of rotatable bonds is 0. The van der Waals surface area contributed by atoms with Gasteiger partial charge in [0.1, 0.15) is 12.0 Å². The molecule has 3 heteroatoms. The molecule has 0 aromatic carbocycles. The minimum Gasteiger partial charge on any atom is -0.393 e. The Morgan fingerprint density at radius 1 is 1.14 bits per heavy atom. The smallest absolute Gasteiger partial charge is 0.136 e. The van der Waals surface area contributed by atoms with Crippen LogP contribution in [0.1, 0.15) is 65.2 Å². The Labute approximate surface area is 132 Å². The SMILES string of the molecule is C[C@]12CC[C@H]3[C@@H](CCC4C(=O)CCC(O)[C@@]43C)[C@@H]1C[C@@H](F)C2. The van der Waals surface area contributed by atoms with E-state index in [-0.39, 0.29) is 22.9 Å². The van der Waals surface area contributed by atoms with Crippen molar-refractivity contribution in [1.82, 2.24) is 0 Å². The Morgan fingerprint density at radius 2 is 1.91 bits per heavy atom. The summed E-state index contributed by atoms with van der Waals surface area (Å²) in [6.07, 6.45) is 5.74. The van der Waals surface area contributed by atoms with Gasteiger partial charge in [-0.3, -0.25) is 4.79 Å². The highest BCUT2D eigenvalue weighted by atomic mass is 19.1. The maximum Gasteiger partial charge on any atom is 0.136 e. The van der Waals surface area contributed by atoms with E-state index in [1.54, 1.807) is 0 Å². The molecule has 4 aliphatic rings. The molecule has 4 aliphatic carbocycles. The number of hydrogen-bond acceptors (Lipinski definition) is 2. The van der Waals surface area contributed by atoms with Gasteiger partial charge in [-0.15, -0.1) is 0 Å². The quantitative estimate of drug-likeness (QED) is 0.737. The summed E-state index contributed by atoms with van der Waals surface area (Å²) in [5.41, 5.74) is -0.0958. The molecule has 124 valence electrons. The lowest BCUT2D eigenvalue weighted by Crippen LogP contribution is -2.59. The zero-order chi connectivity index (χ0) is 15.7. The van der Waals surface area contributed by atoms with Crippen molar-refractivity contribution in [3.63, 3.8) is 0 Å². The Balaban J connectivity index is 1.69. The molecule has 4 saturated carbocycles. The van der Waals surface area contributed by atoms with Gasteiger partial charge >= 0.3 is 0 Å². The number of aliphatic hydroxyl groups excluding tert-OH is 1. The summed E-state index contributed by atoms with van der Waals surface area (Å²) >= 11 is 0. The third kappa shape index (κ3) is 1.84. The van der Waals surface area contributed by atoms with E-state index in [0.29, 0.717) is 42.8 Å². The third-order valence-corrected chi connectivity index (χ3v) is 8.26. The van der Waals surface area contributed by atoms with E-state index >= 15 is 0 Å². The van der Waals surface area contributed by atoms with Crippen molar-refractivity contribution in [2.45, 2.75) is 77.5 Å². The predicted molar refractivity (Wildman–Crippen MR) is 83.0 cm³/mol. The van der Waals surface area contributed by atoms with Gasteiger partial charge in [0.15, 0.2) is 0 Å². The number of alkyl halides is 1. The normalized spacial score (nSPS) is 57.9. The minimum atomic E-state index is -0.641. The second kappa shape index (κ2) is 4.78. The lowest BCUT2D eigenvalue weighted by Gasteiger charge is -2.60. The number of ketones is 1. The molecule has 1 N–H and O–H groups in total. The van der Waals surface area contributed by atoms with E-state index in [4.69, 9.17) is 0 Å². The molecule has 22 heavy (non-hydrogen) atoms. The number of carbonyl (C=O) groups is 1. The summed E-state index contributed by atoms with van der Waals surface area (Å²) in [5, 5.41) is 10.8. The summed E-state index contributed by atoms with van der Waals surface area (Å²) in [6, 6.07) is 0. The standard InChI is InChI=1S/C19H29FO2/c1-18-8-7-13-12(15(18)9-11(20)10-18)3-4-14-16(21)5-6-17(22)19(13,14)2/h11-15,17,22H,3-10H2,1-2H3/t11-,12-,13+,14?,15+,17?,18-,19-/m1/s1. The van der Waals surface area contributed by atoms with Crippen molar-refractivity contribution >= 4 is 5.78 Å². The highest BCUT2D eigenvalue weighted by Gasteiger charge is 2.62. The number of Topliss-reactive ketones (excluding diaryl/α,β-unsaturated/α-hetero) is 1. The fourth-order valence-electron chi connectivity index (χ4n) is 7.11. The molecule has 4 rings (SSSR count). The highest BCUT2D eigenvalue weighted by Crippen LogP contribution is 2.65. The van der Waals surface area contributed by atoms with Crippen LogP contribution in [0.4, 0.5) is 4.39 Å². The number of aliphatic hydroxyl groups is 1. The van der Waals surface area contributed by atoms with Crippen LogP contribution in [-0.4, -0.2) is 23.2 Å². The van der Waals surface area contributed by atoms with Gasteiger partial charge in [0.25, 0.3) is 0 Å². The highest BCUT2D eigenvalue weighted by molar-refractivity contribution is 5.83. The first-order chi connectivity index (χ1) is 10.4. The summed E-state index contributed by atoms with van der Waals surface area (Å²) in [6.45, 7) is 4.45. The molecule has 0 aliphatic heterocycles. The molecule has 2 nitrogen and oxygen atoms in total. The molecule has 2 unspecified atom stereocenters. The molecule has 4 fully saturated rings. The Hall–Kier alpha value is -0.440. The van der Waals surface area contributed by atoms with Crippen LogP contribution in [-0.2, 0) is 4.79 Å². The minimum absolute atomic E-state index is 0.0458. The first-order valence-electron chi connectivity index (χ1n) is 9.21. The predicted octanol–water partition coefficient (Wildman–Crippen LogP) is 3.91. The van der Waals surface area contributed by atoms with Crippen LogP contribution in [0.25, 0.3) is 0 Å². The molecule has 0 saturated heterocycles. The van der Waals surface area contributed by atoms with E-state index in [0.717, 1.165) is 32.1 Å². The molecular formula is C19H29FO2. The molecule has 0 heterocycles. The molecule has 0 aromatic heterocycles. The van der Waals surface area contributed by atoms with Gasteiger partial charge in [-0.1, -0.05) is 13.8 Å². The molecule has 0 spiro atoms. The van der Waals surface area contributed by atoms with Crippen molar-refractivity contribution in [2.75, 3.05) is 0 Å². The van der Waals surface area contributed by atoms with Gasteiger partial charge < -0.3 is 5.11 Å². The third-order valence-electron chi connectivity index (χ3n) is 8.26. The van der Waals surface area contributed by atoms with Gasteiger partial charge in [-0.05, 0) is 68.1 Å². The second-order valence-corrected chi connectivity index (χ2v) is 9.12. The van der Waals surface area contributed by atoms with E-state index in [2.05, 4.69) is 13.8 Å². The van der Waals surface area contributed by atoms with Crippen molar-refractivity contribution < 1.29 is 14.3 Å². The van der Waals surface area contributed by atoms with Gasteiger partial charge in [-0.25, -0.2) is 4.39 Å². The lowest BCUT2D eigenvalue weighted by molar-refractivity contribution is -0.172. The van der Waals surface area contributed by atoms with Crippen LogP contribution < -0.4 is 0 Å². The first-order valence-corrected chi connectivity index (χ1v) is 9.21. The molecule has 0 amide bonds. The molecule has 0 aromatic rings. The van der Waals surface area contributed by atoms with Crippen LogP contribution in [0, 0.1) is 34.5 Å². The second-order valence-electron chi connectivity index (χ2n) is 9.12. The van der Waals surface area contributed by atoms with E-state index < -0.39 is 6.17 Å². The maximum absolute atomic E-state index is 14.1. The number of carbonyl (C=O) groups excluding carboxylic acids is 1. The Kier molecular flexibility index (Phi) is 3.28. The summed E-state index contributed by atoms with van der Waals surface area (Å²) in [7, 11) is 0. The zero-order valence-electron chi connectivity index (χ0n) is 13.9. The topological polar surface area (TPSA) is 37.3 Å². The van der Waals surface area contributed by atoms with Crippen molar-refractivity contribution in [3.05, 3.63) is 0 Å². The monoisotopic (exact) mass is 308 g/mol. The van der Waals surface area contributed by atoms with Crippen LogP contribution >= 0.6 is 0 Å². The fourth-order valence-corrected chi connectivity index (χ4v) is 7.11. The van der Waals surface area contributed by atoms with Gasteiger partial charge in [-0.2, -0.15) is 0 Å². The molecule has 0 radical (unpaired) electrons. The molecular weight excluding hydrogens is 279 g/mol. The van der Waals surface area contributed by atoms with Crippen molar-refractivity contribution in [1.29, 1.82) is 0 Å². The van der Waals surface area contributed by atoms with Gasteiger partial charge in [0.2, 0.25) is 0 Å². The number of fused-ring (bicyclic) bond motifs is 5. The Bertz CT molecular complexity index is 492. The van der Waals surface area contributed by atoms with E-state index in [1.807, 2.05) is 0 Å². The van der Waals surface area contributed by atoms with E-state index in [9.17, 15) is 14.3 Å². The van der Waals surface area contributed by atoms with Crippen LogP contribution in [0.15, 0.2) is 0 Å². The first kappa shape index (κ1) is 15.1. The summed E-state index contributed by atoms with van der Waals surface area (Å²) in [5.74, 6) is 1.80. The van der Waals surface area contributed by atoms with Crippen LogP contribution in [0.2, 0.25) is 0 Å². The van der Waals surface area contributed by atoms with Crippen molar-refractivity contribution in [2.24, 2.45) is 34.5 Å².